The van der Waals surface area contributed by atoms with Crippen molar-refractivity contribution < 1.29 is 9.50 Å². The fraction of sp³-hybridized carbons (Fsp3) is 0.0625. The van der Waals surface area contributed by atoms with Crippen molar-refractivity contribution in [3.05, 3.63) is 60.3 Å². The van der Waals surface area contributed by atoms with Crippen LogP contribution in [0.25, 0.3) is 26.8 Å². The summed E-state index contributed by atoms with van der Waals surface area (Å²) >= 11 is 1.41. The SMILES string of the molecule is OCc1c(-c2ccc(F)cc2)nc2sc(-c3cccnc3)nn12. The molecule has 0 fully saturated rings. The highest BCUT2D eigenvalue weighted by Crippen LogP contribution is 2.30. The van der Waals surface area contributed by atoms with E-state index in [4.69, 9.17) is 0 Å². The quantitative estimate of drug-likeness (QED) is 0.628. The summed E-state index contributed by atoms with van der Waals surface area (Å²) in [5.74, 6) is -0.308. The van der Waals surface area contributed by atoms with E-state index in [-0.39, 0.29) is 12.4 Å². The van der Waals surface area contributed by atoms with Crippen LogP contribution in [-0.4, -0.2) is 24.7 Å². The number of pyridine rings is 1. The van der Waals surface area contributed by atoms with E-state index in [9.17, 15) is 9.50 Å². The number of imidazole rings is 1. The highest BCUT2D eigenvalue weighted by molar-refractivity contribution is 7.19. The van der Waals surface area contributed by atoms with Crippen LogP contribution in [0.2, 0.25) is 0 Å². The van der Waals surface area contributed by atoms with Crippen LogP contribution in [0.15, 0.2) is 48.8 Å². The third-order valence-corrected chi connectivity index (χ3v) is 4.43. The fourth-order valence-corrected chi connectivity index (χ4v) is 3.29. The molecule has 1 N–H and O–H groups in total. The molecule has 0 aliphatic heterocycles. The average molecular weight is 326 g/mol. The number of fused-ring (bicyclic) bond motifs is 1. The van der Waals surface area contributed by atoms with Crippen LogP contribution in [-0.2, 0) is 6.61 Å². The van der Waals surface area contributed by atoms with Crippen LogP contribution >= 0.6 is 11.3 Å². The molecule has 5 nitrogen and oxygen atoms in total. The van der Waals surface area contributed by atoms with Gasteiger partial charge in [-0.1, -0.05) is 11.3 Å². The molecular weight excluding hydrogens is 315 g/mol. The molecule has 0 radical (unpaired) electrons. The van der Waals surface area contributed by atoms with Crippen molar-refractivity contribution in [1.29, 1.82) is 0 Å². The minimum atomic E-state index is -0.308. The molecule has 23 heavy (non-hydrogen) atoms. The predicted octanol–water partition coefficient (Wildman–Crippen LogP) is 3.15. The number of rotatable bonds is 3. The van der Waals surface area contributed by atoms with Gasteiger partial charge < -0.3 is 5.11 Å². The van der Waals surface area contributed by atoms with Crippen LogP contribution in [0.4, 0.5) is 4.39 Å². The summed E-state index contributed by atoms with van der Waals surface area (Å²) in [6.07, 6.45) is 3.44. The van der Waals surface area contributed by atoms with Crippen molar-refractivity contribution in [3.8, 4) is 21.8 Å². The number of halogens is 1. The first-order valence-electron chi connectivity index (χ1n) is 6.92. The third kappa shape index (κ3) is 2.39. The van der Waals surface area contributed by atoms with Gasteiger partial charge in [-0.25, -0.2) is 13.9 Å². The second kappa shape index (κ2) is 5.53. The summed E-state index contributed by atoms with van der Waals surface area (Å²) < 4.78 is 14.7. The lowest BCUT2D eigenvalue weighted by Crippen LogP contribution is -1.96. The number of aliphatic hydroxyl groups is 1. The lowest BCUT2D eigenvalue weighted by molar-refractivity contribution is 0.275. The van der Waals surface area contributed by atoms with Crippen LogP contribution in [0.3, 0.4) is 0 Å². The molecule has 7 heteroatoms. The summed E-state index contributed by atoms with van der Waals surface area (Å²) in [6.45, 7) is -0.204. The van der Waals surface area contributed by atoms with E-state index >= 15 is 0 Å². The number of benzene rings is 1. The molecule has 114 valence electrons. The lowest BCUT2D eigenvalue weighted by atomic mass is 10.1. The van der Waals surface area contributed by atoms with Gasteiger partial charge in [-0.3, -0.25) is 4.98 Å². The van der Waals surface area contributed by atoms with Gasteiger partial charge in [-0.05, 0) is 36.4 Å². The zero-order chi connectivity index (χ0) is 15.8. The smallest absolute Gasteiger partial charge is 0.213 e. The molecular formula is C16H11FN4OS. The van der Waals surface area contributed by atoms with Crippen LogP contribution in [0.1, 0.15) is 5.69 Å². The molecule has 1 aromatic carbocycles. The monoisotopic (exact) mass is 326 g/mol. The molecule has 3 aromatic heterocycles. The highest BCUT2D eigenvalue weighted by Gasteiger charge is 2.18. The van der Waals surface area contributed by atoms with Crippen molar-refractivity contribution in [2.45, 2.75) is 6.61 Å². The Bertz CT molecular complexity index is 963. The molecule has 0 saturated carbocycles. The van der Waals surface area contributed by atoms with Crippen molar-refractivity contribution in [2.24, 2.45) is 0 Å². The van der Waals surface area contributed by atoms with Gasteiger partial charge in [0.25, 0.3) is 0 Å². The van der Waals surface area contributed by atoms with Gasteiger partial charge in [-0.2, -0.15) is 5.10 Å². The second-order valence-corrected chi connectivity index (χ2v) is 5.87. The number of aliphatic hydroxyl groups excluding tert-OH is 1. The van der Waals surface area contributed by atoms with Crippen LogP contribution < -0.4 is 0 Å². The summed E-state index contributed by atoms with van der Waals surface area (Å²) in [4.78, 5) is 9.30. The Hall–Kier alpha value is -2.64. The zero-order valence-corrected chi connectivity index (χ0v) is 12.7. The van der Waals surface area contributed by atoms with E-state index in [1.807, 2.05) is 12.1 Å². The summed E-state index contributed by atoms with van der Waals surface area (Å²) in [5.41, 5.74) is 2.84. The molecule has 0 amide bonds. The molecule has 4 aromatic rings. The van der Waals surface area contributed by atoms with E-state index < -0.39 is 0 Å². The van der Waals surface area contributed by atoms with Gasteiger partial charge in [0, 0.05) is 23.5 Å². The molecule has 0 aliphatic rings. The Morgan fingerprint density at radius 3 is 2.65 bits per heavy atom. The number of nitrogens with zero attached hydrogens (tertiary/aromatic N) is 4. The first-order chi connectivity index (χ1) is 11.3. The number of hydrogen-bond acceptors (Lipinski definition) is 5. The Balaban J connectivity index is 1.85. The minimum Gasteiger partial charge on any atom is -0.390 e. The Morgan fingerprint density at radius 2 is 1.96 bits per heavy atom. The van der Waals surface area contributed by atoms with Crippen molar-refractivity contribution in [3.63, 3.8) is 0 Å². The molecule has 4 rings (SSSR count). The average Bonchev–Trinajstić information content (AvgIpc) is 3.14. The maximum atomic E-state index is 13.1. The first-order valence-corrected chi connectivity index (χ1v) is 7.73. The van der Waals surface area contributed by atoms with Crippen molar-refractivity contribution in [2.75, 3.05) is 0 Å². The van der Waals surface area contributed by atoms with Crippen molar-refractivity contribution >= 4 is 16.3 Å². The number of aromatic nitrogens is 4. The third-order valence-electron chi connectivity index (χ3n) is 3.47. The summed E-state index contributed by atoms with van der Waals surface area (Å²) in [5, 5.41) is 15.0. The second-order valence-electron chi connectivity index (χ2n) is 4.92. The molecule has 3 heterocycles. The Morgan fingerprint density at radius 1 is 1.13 bits per heavy atom. The van der Waals surface area contributed by atoms with Gasteiger partial charge in [0.05, 0.1) is 18.0 Å². The van der Waals surface area contributed by atoms with E-state index in [1.54, 1.807) is 29.0 Å². The van der Waals surface area contributed by atoms with Gasteiger partial charge in [0.2, 0.25) is 4.96 Å². The Kier molecular flexibility index (Phi) is 3.36. The first kappa shape index (κ1) is 14.0. The summed E-state index contributed by atoms with van der Waals surface area (Å²) in [7, 11) is 0. The van der Waals surface area contributed by atoms with E-state index in [0.29, 0.717) is 16.3 Å². The molecule has 0 aliphatic carbocycles. The minimum absolute atomic E-state index is 0.204. The van der Waals surface area contributed by atoms with E-state index in [1.165, 1.54) is 23.5 Å². The maximum absolute atomic E-state index is 13.1. The lowest BCUT2D eigenvalue weighted by Gasteiger charge is -2.00. The largest absolute Gasteiger partial charge is 0.390 e. The van der Waals surface area contributed by atoms with Gasteiger partial charge in [0.15, 0.2) is 0 Å². The summed E-state index contributed by atoms with van der Waals surface area (Å²) in [6, 6.07) is 9.80. The zero-order valence-electron chi connectivity index (χ0n) is 11.8. The predicted molar refractivity (Wildman–Crippen MR) is 85.4 cm³/mol. The normalized spacial score (nSPS) is 11.2. The number of hydrogen-bond donors (Lipinski definition) is 1. The van der Waals surface area contributed by atoms with Crippen LogP contribution in [0, 0.1) is 5.82 Å². The highest BCUT2D eigenvalue weighted by atomic mass is 32.1. The fourth-order valence-electron chi connectivity index (χ4n) is 2.38. The Labute approximate surface area is 134 Å². The molecule has 0 atom stereocenters. The molecule has 0 saturated heterocycles. The van der Waals surface area contributed by atoms with Crippen LogP contribution in [0.5, 0.6) is 0 Å². The van der Waals surface area contributed by atoms with E-state index in [0.717, 1.165) is 16.1 Å². The van der Waals surface area contributed by atoms with Gasteiger partial charge in [0.1, 0.15) is 10.8 Å². The molecule has 0 bridgehead atoms. The topological polar surface area (TPSA) is 63.3 Å². The van der Waals surface area contributed by atoms with Gasteiger partial charge >= 0.3 is 0 Å². The van der Waals surface area contributed by atoms with Crippen molar-refractivity contribution in [1.82, 2.24) is 19.6 Å². The molecule has 0 spiro atoms. The van der Waals surface area contributed by atoms with Gasteiger partial charge in [-0.15, -0.1) is 0 Å². The van der Waals surface area contributed by atoms with E-state index in [2.05, 4.69) is 15.1 Å². The standard InChI is InChI=1S/C16H11FN4OS/c17-12-5-3-10(4-6-12)14-13(9-22)21-16(19-14)23-15(20-21)11-2-1-7-18-8-11/h1-8,22H,9H2. The molecule has 0 unspecified atom stereocenters. The maximum Gasteiger partial charge on any atom is 0.213 e.